The Morgan fingerprint density at radius 3 is 3.10 bits per heavy atom. The van der Waals surface area contributed by atoms with Crippen molar-refractivity contribution < 1.29 is 0 Å². The molecule has 3 aromatic rings. The van der Waals surface area contributed by atoms with Crippen LogP contribution in [0.15, 0.2) is 30.5 Å². The molecule has 0 amide bonds. The Kier molecular flexibility index (Phi) is 2.47. The lowest BCUT2D eigenvalue weighted by Crippen LogP contribution is -2.32. The number of hydrogen-bond donors (Lipinski definition) is 2. The highest BCUT2D eigenvalue weighted by atomic mass is 15.1. The average molecular weight is 266 g/mol. The van der Waals surface area contributed by atoms with E-state index in [-0.39, 0.29) is 6.04 Å². The number of rotatable bonds is 1. The topological polar surface area (TPSA) is 59.6 Å². The second-order valence-electron chi connectivity index (χ2n) is 5.62. The molecule has 3 N–H and O–H groups in total. The SMILES string of the molecule is Cc1nc(-c2c[nH]c3ccccc23)n2c1CCC(N)C2. The number of H-pyrrole nitrogens is 1. The summed E-state index contributed by atoms with van der Waals surface area (Å²) < 4.78 is 2.30. The lowest BCUT2D eigenvalue weighted by atomic mass is 10.0. The molecule has 0 fully saturated rings. The molecule has 0 bridgehead atoms. The molecule has 0 saturated carbocycles. The number of nitrogens with two attached hydrogens (primary N) is 1. The van der Waals surface area contributed by atoms with Crippen LogP contribution in [0.3, 0.4) is 0 Å². The Bertz CT molecular complexity index is 781. The van der Waals surface area contributed by atoms with Crippen molar-refractivity contribution >= 4 is 10.9 Å². The molecular formula is C16H18N4. The van der Waals surface area contributed by atoms with Gasteiger partial charge in [0.25, 0.3) is 0 Å². The van der Waals surface area contributed by atoms with Crippen molar-refractivity contribution in [3.63, 3.8) is 0 Å². The van der Waals surface area contributed by atoms with E-state index < -0.39 is 0 Å². The second kappa shape index (κ2) is 4.21. The van der Waals surface area contributed by atoms with Crippen molar-refractivity contribution in [3.8, 4) is 11.4 Å². The van der Waals surface area contributed by atoms with Crippen LogP contribution in [0.4, 0.5) is 0 Å². The van der Waals surface area contributed by atoms with Crippen molar-refractivity contribution in [2.75, 3.05) is 0 Å². The maximum atomic E-state index is 6.14. The van der Waals surface area contributed by atoms with Crippen molar-refractivity contribution in [1.82, 2.24) is 14.5 Å². The van der Waals surface area contributed by atoms with E-state index in [4.69, 9.17) is 10.7 Å². The first-order chi connectivity index (χ1) is 9.74. The average Bonchev–Trinajstić information content (AvgIpc) is 3.00. The molecule has 102 valence electrons. The number of aromatic amines is 1. The fourth-order valence-corrected chi connectivity index (χ4v) is 3.23. The van der Waals surface area contributed by atoms with Gasteiger partial charge in [-0.05, 0) is 25.8 Å². The monoisotopic (exact) mass is 266 g/mol. The molecule has 4 rings (SSSR count). The Balaban J connectivity index is 1.95. The van der Waals surface area contributed by atoms with Gasteiger partial charge in [-0.25, -0.2) is 4.98 Å². The van der Waals surface area contributed by atoms with Gasteiger partial charge in [0, 0.05) is 40.9 Å². The molecule has 2 aromatic heterocycles. The molecule has 4 nitrogen and oxygen atoms in total. The molecule has 0 spiro atoms. The highest BCUT2D eigenvalue weighted by Crippen LogP contribution is 2.31. The first kappa shape index (κ1) is 11.7. The van der Waals surface area contributed by atoms with Gasteiger partial charge in [-0.3, -0.25) is 0 Å². The fourth-order valence-electron chi connectivity index (χ4n) is 3.23. The molecule has 0 aliphatic carbocycles. The van der Waals surface area contributed by atoms with Gasteiger partial charge in [-0.1, -0.05) is 18.2 Å². The van der Waals surface area contributed by atoms with Gasteiger partial charge in [0.15, 0.2) is 0 Å². The quantitative estimate of drug-likeness (QED) is 0.711. The van der Waals surface area contributed by atoms with E-state index in [2.05, 4.69) is 40.9 Å². The van der Waals surface area contributed by atoms with Gasteiger partial charge in [0.05, 0.1) is 5.69 Å². The summed E-state index contributed by atoms with van der Waals surface area (Å²) in [5, 5.41) is 1.22. The number of fused-ring (bicyclic) bond motifs is 2. The van der Waals surface area contributed by atoms with E-state index in [0.29, 0.717) is 0 Å². The molecule has 0 saturated heterocycles. The molecule has 4 heteroatoms. The molecule has 1 aliphatic heterocycles. The molecular weight excluding hydrogens is 248 g/mol. The van der Waals surface area contributed by atoms with Gasteiger partial charge in [-0.15, -0.1) is 0 Å². The zero-order chi connectivity index (χ0) is 13.7. The Hall–Kier alpha value is -2.07. The first-order valence-electron chi connectivity index (χ1n) is 7.12. The first-order valence-corrected chi connectivity index (χ1v) is 7.12. The number of nitrogens with zero attached hydrogens (tertiary/aromatic N) is 2. The van der Waals surface area contributed by atoms with E-state index in [1.807, 2.05) is 6.07 Å². The van der Waals surface area contributed by atoms with Crippen LogP contribution in [0.25, 0.3) is 22.3 Å². The minimum absolute atomic E-state index is 0.236. The van der Waals surface area contributed by atoms with Crippen molar-refractivity contribution in [2.45, 2.75) is 32.4 Å². The summed E-state index contributed by atoms with van der Waals surface area (Å²) in [6.07, 6.45) is 4.14. The minimum Gasteiger partial charge on any atom is -0.360 e. The van der Waals surface area contributed by atoms with Crippen molar-refractivity contribution in [1.29, 1.82) is 0 Å². The Morgan fingerprint density at radius 2 is 2.20 bits per heavy atom. The molecule has 1 atom stereocenters. The number of imidazole rings is 1. The number of para-hydroxylation sites is 1. The zero-order valence-electron chi connectivity index (χ0n) is 11.6. The van der Waals surface area contributed by atoms with E-state index in [1.54, 1.807) is 0 Å². The van der Waals surface area contributed by atoms with Gasteiger partial charge >= 0.3 is 0 Å². The number of aromatic nitrogens is 3. The zero-order valence-corrected chi connectivity index (χ0v) is 11.6. The summed E-state index contributed by atoms with van der Waals surface area (Å²) >= 11 is 0. The number of benzene rings is 1. The Labute approximate surface area is 117 Å². The summed E-state index contributed by atoms with van der Waals surface area (Å²) in [5.74, 6) is 1.05. The summed E-state index contributed by atoms with van der Waals surface area (Å²) in [5.41, 5.74) is 10.9. The van der Waals surface area contributed by atoms with E-state index in [1.165, 1.54) is 16.6 Å². The van der Waals surface area contributed by atoms with Crippen molar-refractivity contribution in [2.24, 2.45) is 5.73 Å². The fraction of sp³-hybridized carbons (Fsp3) is 0.312. The number of hydrogen-bond acceptors (Lipinski definition) is 2. The lowest BCUT2D eigenvalue weighted by Gasteiger charge is -2.22. The molecule has 1 aliphatic rings. The van der Waals surface area contributed by atoms with Crippen LogP contribution in [-0.2, 0) is 13.0 Å². The number of aryl methyl sites for hydroxylation is 1. The van der Waals surface area contributed by atoms with E-state index in [9.17, 15) is 0 Å². The Morgan fingerprint density at radius 1 is 1.35 bits per heavy atom. The number of nitrogens with one attached hydrogen (secondary N) is 1. The van der Waals surface area contributed by atoms with Crippen LogP contribution in [0.5, 0.6) is 0 Å². The predicted molar refractivity (Wildman–Crippen MR) is 80.6 cm³/mol. The van der Waals surface area contributed by atoms with Crippen LogP contribution in [-0.4, -0.2) is 20.6 Å². The van der Waals surface area contributed by atoms with Gasteiger partial charge in [0.1, 0.15) is 5.82 Å². The third-order valence-corrected chi connectivity index (χ3v) is 4.27. The smallest absolute Gasteiger partial charge is 0.142 e. The standard InChI is InChI=1S/C16H18N4/c1-10-15-7-6-11(17)9-20(15)16(19-10)13-8-18-14-5-3-2-4-12(13)14/h2-5,8,11,18H,6-7,9,17H2,1H3. The van der Waals surface area contributed by atoms with Crippen LogP contribution in [0.2, 0.25) is 0 Å². The van der Waals surface area contributed by atoms with Gasteiger partial charge in [0.2, 0.25) is 0 Å². The highest BCUT2D eigenvalue weighted by Gasteiger charge is 2.23. The second-order valence-corrected chi connectivity index (χ2v) is 5.62. The maximum Gasteiger partial charge on any atom is 0.142 e. The molecule has 1 aromatic carbocycles. The third kappa shape index (κ3) is 1.61. The summed E-state index contributed by atoms with van der Waals surface area (Å²) in [6.45, 7) is 2.96. The molecule has 1 unspecified atom stereocenters. The van der Waals surface area contributed by atoms with Crippen LogP contribution in [0.1, 0.15) is 17.8 Å². The third-order valence-electron chi connectivity index (χ3n) is 4.27. The van der Waals surface area contributed by atoms with Crippen LogP contribution in [0, 0.1) is 6.92 Å². The van der Waals surface area contributed by atoms with Crippen LogP contribution < -0.4 is 5.73 Å². The van der Waals surface area contributed by atoms with Crippen LogP contribution >= 0.6 is 0 Å². The minimum atomic E-state index is 0.236. The normalized spacial score (nSPS) is 18.4. The predicted octanol–water partition coefficient (Wildman–Crippen LogP) is 2.61. The summed E-state index contributed by atoms with van der Waals surface area (Å²) in [4.78, 5) is 8.14. The highest BCUT2D eigenvalue weighted by molar-refractivity contribution is 5.93. The van der Waals surface area contributed by atoms with Gasteiger partial charge < -0.3 is 15.3 Å². The molecule has 3 heterocycles. The van der Waals surface area contributed by atoms with Gasteiger partial charge in [-0.2, -0.15) is 0 Å². The maximum absolute atomic E-state index is 6.14. The summed E-state index contributed by atoms with van der Waals surface area (Å²) in [6, 6.07) is 8.58. The lowest BCUT2D eigenvalue weighted by molar-refractivity contribution is 0.462. The van der Waals surface area contributed by atoms with Crippen molar-refractivity contribution in [3.05, 3.63) is 41.9 Å². The molecule has 20 heavy (non-hydrogen) atoms. The largest absolute Gasteiger partial charge is 0.360 e. The summed E-state index contributed by atoms with van der Waals surface area (Å²) in [7, 11) is 0. The van der Waals surface area contributed by atoms with E-state index in [0.717, 1.165) is 36.4 Å². The van der Waals surface area contributed by atoms with E-state index >= 15 is 0 Å². The molecule has 0 radical (unpaired) electrons.